The molecular formula is C19H31N3O2. The van der Waals surface area contributed by atoms with Crippen molar-refractivity contribution in [2.45, 2.75) is 64.6 Å². The van der Waals surface area contributed by atoms with E-state index in [-0.39, 0.29) is 18.0 Å². The Balaban J connectivity index is 1.84. The first-order valence-corrected chi connectivity index (χ1v) is 8.95. The van der Waals surface area contributed by atoms with Crippen molar-refractivity contribution in [3.8, 4) is 0 Å². The highest BCUT2D eigenvalue weighted by Gasteiger charge is 2.27. The molecule has 0 spiro atoms. The minimum atomic E-state index is -0.717. The molecule has 0 aromatic heterocycles. The maximum atomic E-state index is 11.7. The van der Waals surface area contributed by atoms with E-state index in [9.17, 15) is 9.90 Å². The van der Waals surface area contributed by atoms with Crippen molar-refractivity contribution in [3.05, 3.63) is 29.8 Å². The quantitative estimate of drug-likeness (QED) is 0.589. The third-order valence-electron chi connectivity index (χ3n) is 5.02. The van der Waals surface area contributed by atoms with E-state index >= 15 is 0 Å². The van der Waals surface area contributed by atoms with Crippen LogP contribution in [-0.4, -0.2) is 29.3 Å². The van der Waals surface area contributed by atoms with E-state index in [4.69, 9.17) is 0 Å². The number of urea groups is 1. The Morgan fingerprint density at radius 1 is 1.29 bits per heavy atom. The van der Waals surface area contributed by atoms with Crippen LogP contribution in [-0.2, 0) is 0 Å². The van der Waals surface area contributed by atoms with Gasteiger partial charge in [0.05, 0.1) is 5.60 Å². The Morgan fingerprint density at radius 2 is 1.92 bits per heavy atom. The number of aliphatic hydroxyl groups is 1. The number of carbonyl (C=O) groups is 1. The molecular weight excluding hydrogens is 302 g/mol. The molecule has 1 aliphatic carbocycles. The average molecular weight is 333 g/mol. The van der Waals surface area contributed by atoms with E-state index in [0.29, 0.717) is 12.6 Å². The Labute approximate surface area is 145 Å². The lowest BCUT2D eigenvalue weighted by molar-refractivity contribution is 0.00365. The molecule has 1 aromatic carbocycles. The number of anilines is 1. The highest BCUT2D eigenvalue weighted by molar-refractivity contribution is 5.89. The van der Waals surface area contributed by atoms with Crippen LogP contribution in [0.4, 0.5) is 10.5 Å². The summed E-state index contributed by atoms with van der Waals surface area (Å²) >= 11 is 0. The van der Waals surface area contributed by atoms with E-state index in [1.165, 1.54) is 0 Å². The highest BCUT2D eigenvalue weighted by Crippen LogP contribution is 2.22. The summed E-state index contributed by atoms with van der Waals surface area (Å²) in [4.78, 5) is 11.7. The van der Waals surface area contributed by atoms with Crippen molar-refractivity contribution in [1.82, 2.24) is 10.6 Å². The van der Waals surface area contributed by atoms with Crippen molar-refractivity contribution < 1.29 is 9.90 Å². The molecule has 1 aliphatic rings. The zero-order valence-electron chi connectivity index (χ0n) is 15.2. The van der Waals surface area contributed by atoms with Gasteiger partial charge in [0.2, 0.25) is 0 Å². The molecule has 0 saturated heterocycles. The average Bonchev–Trinajstić information content (AvgIpc) is 3.36. The molecule has 3 unspecified atom stereocenters. The number of carbonyl (C=O) groups excluding carboxylic acids is 1. The predicted octanol–water partition coefficient (Wildman–Crippen LogP) is 3.42. The third-order valence-corrected chi connectivity index (χ3v) is 5.02. The van der Waals surface area contributed by atoms with Crippen LogP contribution in [0.5, 0.6) is 0 Å². The number of nitrogens with one attached hydrogen (secondary N) is 3. The van der Waals surface area contributed by atoms with Crippen molar-refractivity contribution in [2.24, 2.45) is 5.92 Å². The van der Waals surface area contributed by atoms with Gasteiger partial charge in [-0.1, -0.05) is 32.4 Å². The fourth-order valence-corrected chi connectivity index (χ4v) is 2.53. The van der Waals surface area contributed by atoms with E-state index in [1.54, 1.807) is 0 Å². The molecule has 5 nitrogen and oxygen atoms in total. The molecule has 3 atom stereocenters. The van der Waals surface area contributed by atoms with Crippen LogP contribution in [0.1, 0.15) is 58.6 Å². The lowest BCUT2D eigenvalue weighted by Gasteiger charge is -2.31. The molecule has 0 radical (unpaired) electrons. The smallest absolute Gasteiger partial charge is 0.319 e. The first-order valence-electron chi connectivity index (χ1n) is 8.95. The Hall–Kier alpha value is -1.59. The van der Waals surface area contributed by atoms with Gasteiger partial charge >= 0.3 is 6.03 Å². The van der Waals surface area contributed by atoms with E-state index < -0.39 is 5.60 Å². The summed E-state index contributed by atoms with van der Waals surface area (Å²) in [5.74, 6) is 0.244. The second-order valence-electron chi connectivity index (χ2n) is 7.26. The van der Waals surface area contributed by atoms with Crippen LogP contribution in [0.3, 0.4) is 0 Å². The van der Waals surface area contributed by atoms with Crippen LogP contribution in [0.25, 0.3) is 0 Å². The second kappa shape index (κ2) is 7.99. The number of hydrogen-bond donors (Lipinski definition) is 4. The fraction of sp³-hybridized carbons (Fsp3) is 0.632. The first-order chi connectivity index (χ1) is 11.3. The molecule has 1 aromatic rings. The van der Waals surface area contributed by atoms with Gasteiger partial charge in [-0.25, -0.2) is 4.79 Å². The molecule has 2 rings (SSSR count). The van der Waals surface area contributed by atoms with E-state index in [2.05, 4.69) is 36.7 Å². The lowest BCUT2D eigenvalue weighted by atomic mass is 9.88. The van der Waals surface area contributed by atoms with Crippen LogP contribution < -0.4 is 16.0 Å². The number of hydrogen-bond acceptors (Lipinski definition) is 3. The summed E-state index contributed by atoms with van der Waals surface area (Å²) in [7, 11) is 0. The largest absolute Gasteiger partial charge is 0.389 e. The van der Waals surface area contributed by atoms with E-state index in [1.807, 2.05) is 31.2 Å². The van der Waals surface area contributed by atoms with Crippen molar-refractivity contribution in [1.29, 1.82) is 0 Å². The van der Waals surface area contributed by atoms with Crippen molar-refractivity contribution in [2.75, 3.05) is 11.9 Å². The van der Waals surface area contributed by atoms with Crippen molar-refractivity contribution >= 4 is 11.7 Å². The lowest BCUT2D eigenvalue weighted by Crippen LogP contribution is -2.43. The maximum Gasteiger partial charge on any atom is 0.319 e. The SMILES string of the molecule is CCC(C)C(C)(O)CNC(C)c1ccc(NC(=O)NC2CC2)cc1. The van der Waals surface area contributed by atoms with Gasteiger partial charge in [0.25, 0.3) is 0 Å². The normalized spacial score (nSPS) is 19.2. The molecule has 24 heavy (non-hydrogen) atoms. The zero-order valence-corrected chi connectivity index (χ0v) is 15.2. The molecule has 0 bridgehead atoms. The van der Waals surface area contributed by atoms with Gasteiger partial charge in [0, 0.05) is 24.3 Å². The Kier molecular flexibility index (Phi) is 6.24. The highest BCUT2D eigenvalue weighted by atomic mass is 16.3. The molecule has 5 heteroatoms. The minimum absolute atomic E-state index is 0.134. The van der Waals surface area contributed by atoms with Crippen LogP contribution in [0, 0.1) is 5.92 Å². The van der Waals surface area contributed by atoms with Crippen LogP contribution in [0.15, 0.2) is 24.3 Å². The van der Waals surface area contributed by atoms with Crippen LogP contribution >= 0.6 is 0 Å². The molecule has 134 valence electrons. The van der Waals surface area contributed by atoms with Crippen molar-refractivity contribution in [3.63, 3.8) is 0 Å². The number of rotatable bonds is 8. The standard InChI is InChI=1S/C19H31N3O2/c1-5-13(2)19(4,24)12-20-14(3)15-6-8-16(9-7-15)21-18(23)22-17-10-11-17/h6-9,13-14,17,20,24H,5,10-12H2,1-4H3,(H2,21,22,23). The predicted molar refractivity (Wildman–Crippen MR) is 98.1 cm³/mol. The second-order valence-corrected chi connectivity index (χ2v) is 7.26. The first kappa shape index (κ1) is 18.7. The molecule has 2 amide bonds. The molecule has 4 N–H and O–H groups in total. The van der Waals surface area contributed by atoms with Gasteiger partial charge in [0.1, 0.15) is 0 Å². The van der Waals surface area contributed by atoms with E-state index in [0.717, 1.165) is 30.5 Å². The number of amides is 2. The number of benzene rings is 1. The summed E-state index contributed by atoms with van der Waals surface area (Å²) in [5.41, 5.74) is 1.20. The summed E-state index contributed by atoms with van der Waals surface area (Å²) in [6.07, 6.45) is 3.11. The van der Waals surface area contributed by atoms with Gasteiger partial charge in [0.15, 0.2) is 0 Å². The van der Waals surface area contributed by atoms with Gasteiger partial charge in [-0.2, -0.15) is 0 Å². The Morgan fingerprint density at radius 3 is 2.46 bits per heavy atom. The topological polar surface area (TPSA) is 73.4 Å². The van der Waals surface area contributed by atoms with Gasteiger partial charge < -0.3 is 21.1 Å². The molecule has 0 aliphatic heterocycles. The fourth-order valence-electron chi connectivity index (χ4n) is 2.53. The van der Waals surface area contributed by atoms with Gasteiger partial charge in [-0.05, 0) is 50.3 Å². The summed E-state index contributed by atoms with van der Waals surface area (Å²) in [6, 6.07) is 8.17. The third kappa shape index (κ3) is 5.49. The summed E-state index contributed by atoms with van der Waals surface area (Å²) in [5, 5.41) is 19.6. The zero-order chi connectivity index (χ0) is 17.7. The summed E-state index contributed by atoms with van der Waals surface area (Å²) in [6.45, 7) is 8.67. The maximum absolute atomic E-state index is 11.7. The minimum Gasteiger partial charge on any atom is -0.389 e. The molecule has 1 saturated carbocycles. The monoisotopic (exact) mass is 333 g/mol. The van der Waals surface area contributed by atoms with Crippen LogP contribution in [0.2, 0.25) is 0 Å². The van der Waals surface area contributed by atoms with Gasteiger partial charge in [-0.3, -0.25) is 0 Å². The molecule has 1 fully saturated rings. The molecule has 0 heterocycles. The Bertz CT molecular complexity index is 538. The summed E-state index contributed by atoms with van der Waals surface area (Å²) < 4.78 is 0. The van der Waals surface area contributed by atoms with Gasteiger partial charge in [-0.15, -0.1) is 0 Å².